The number of aryl methyl sites for hydroxylation is 2. The van der Waals surface area contributed by atoms with Gasteiger partial charge in [-0.3, -0.25) is 0 Å². The van der Waals surface area contributed by atoms with Gasteiger partial charge in [-0.05, 0) is 57.0 Å². The summed E-state index contributed by atoms with van der Waals surface area (Å²) in [5.74, 6) is 0.928. The molecule has 2 heteroatoms. The minimum Gasteiger partial charge on any atom is -0.489 e. The number of ether oxygens (including phenoxy) is 1. The van der Waals surface area contributed by atoms with E-state index in [-0.39, 0.29) is 0 Å². The smallest absolute Gasteiger partial charge is 0.120 e. The number of aromatic nitrogens is 1. The van der Waals surface area contributed by atoms with E-state index in [1.165, 1.54) is 27.6 Å². The van der Waals surface area contributed by atoms with Crippen LogP contribution in [0.3, 0.4) is 0 Å². The van der Waals surface area contributed by atoms with E-state index >= 15 is 0 Å². The maximum Gasteiger partial charge on any atom is 0.120 e. The molecule has 0 bridgehead atoms. The van der Waals surface area contributed by atoms with Gasteiger partial charge in [-0.25, -0.2) is 0 Å². The van der Waals surface area contributed by atoms with Crippen molar-refractivity contribution in [3.8, 4) is 5.75 Å². The van der Waals surface area contributed by atoms with Gasteiger partial charge in [0.1, 0.15) is 12.4 Å². The second kappa shape index (κ2) is 5.88. The lowest BCUT2D eigenvalue weighted by Gasteiger charge is -2.09. The summed E-state index contributed by atoms with van der Waals surface area (Å²) in [5.41, 5.74) is 5.04. The van der Waals surface area contributed by atoms with E-state index in [2.05, 4.69) is 68.8 Å². The lowest BCUT2D eigenvalue weighted by Crippen LogP contribution is -1.98. The Balaban J connectivity index is 1.93. The zero-order valence-electron chi connectivity index (χ0n) is 13.8. The number of hydrogen-bond acceptors (Lipinski definition) is 1. The Kier molecular flexibility index (Phi) is 3.93. The third-order valence-corrected chi connectivity index (χ3v) is 4.01. The van der Waals surface area contributed by atoms with E-state index in [0.29, 0.717) is 12.6 Å². The van der Waals surface area contributed by atoms with Crippen LogP contribution in [0.15, 0.2) is 48.7 Å². The zero-order chi connectivity index (χ0) is 15.7. The molecule has 0 aliphatic heterocycles. The first kappa shape index (κ1) is 14.7. The fraction of sp³-hybridized carbons (Fsp3) is 0.300. The fourth-order valence-corrected chi connectivity index (χ4v) is 2.84. The number of nitrogens with zero attached hydrogens (tertiary/aromatic N) is 1. The van der Waals surface area contributed by atoms with Crippen LogP contribution < -0.4 is 4.74 Å². The number of benzene rings is 2. The van der Waals surface area contributed by atoms with Crippen LogP contribution in [-0.2, 0) is 6.61 Å². The summed E-state index contributed by atoms with van der Waals surface area (Å²) >= 11 is 0. The molecular formula is C20H23NO. The Morgan fingerprint density at radius 2 is 1.77 bits per heavy atom. The third-order valence-electron chi connectivity index (χ3n) is 4.01. The Labute approximate surface area is 132 Å². The summed E-state index contributed by atoms with van der Waals surface area (Å²) in [5, 5.41) is 1.28. The minimum absolute atomic E-state index is 0.442. The molecule has 0 saturated heterocycles. The number of rotatable bonds is 4. The molecule has 0 aliphatic rings. The Hall–Kier alpha value is -2.22. The number of fused-ring (bicyclic) bond motifs is 1. The molecule has 3 rings (SSSR count). The number of hydrogen-bond donors (Lipinski definition) is 0. The Morgan fingerprint density at radius 3 is 2.50 bits per heavy atom. The zero-order valence-corrected chi connectivity index (χ0v) is 13.8. The normalized spacial score (nSPS) is 11.3. The second-order valence-electron chi connectivity index (χ2n) is 6.28. The van der Waals surface area contributed by atoms with E-state index < -0.39 is 0 Å². The highest BCUT2D eigenvalue weighted by atomic mass is 16.5. The van der Waals surface area contributed by atoms with Crippen LogP contribution in [0.25, 0.3) is 10.9 Å². The molecule has 0 spiro atoms. The molecular weight excluding hydrogens is 270 g/mol. The SMILES string of the molecule is Cc1cccc(OCc2cn(C(C)C)c3cc(C)ccc23)c1. The predicted octanol–water partition coefficient (Wildman–Crippen LogP) is 5.42. The van der Waals surface area contributed by atoms with Gasteiger partial charge in [0.05, 0.1) is 0 Å². The van der Waals surface area contributed by atoms with Gasteiger partial charge in [0.2, 0.25) is 0 Å². The molecule has 0 unspecified atom stereocenters. The van der Waals surface area contributed by atoms with E-state index in [9.17, 15) is 0 Å². The molecule has 2 nitrogen and oxygen atoms in total. The maximum atomic E-state index is 5.99. The van der Waals surface area contributed by atoms with Crippen LogP contribution in [0.2, 0.25) is 0 Å². The van der Waals surface area contributed by atoms with Crippen molar-refractivity contribution >= 4 is 10.9 Å². The highest BCUT2D eigenvalue weighted by Crippen LogP contribution is 2.27. The van der Waals surface area contributed by atoms with Crippen LogP contribution >= 0.6 is 0 Å². The first-order valence-electron chi connectivity index (χ1n) is 7.84. The van der Waals surface area contributed by atoms with Crippen molar-refractivity contribution in [3.05, 3.63) is 65.4 Å². The van der Waals surface area contributed by atoms with Crippen molar-refractivity contribution in [2.45, 2.75) is 40.3 Å². The van der Waals surface area contributed by atoms with Gasteiger partial charge in [-0.1, -0.05) is 24.3 Å². The van der Waals surface area contributed by atoms with E-state index in [0.717, 1.165) is 5.75 Å². The predicted molar refractivity (Wildman–Crippen MR) is 92.6 cm³/mol. The largest absolute Gasteiger partial charge is 0.489 e. The minimum atomic E-state index is 0.442. The van der Waals surface area contributed by atoms with E-state index in [4.69, 9.17) is 4.74 Å². The van der Waals surface area contributed by atoms with Crippen molar-refractivity contribution in [1.82, 2.24) is 4.57 Å². The molecule has 114 valence electrons. The molecule has 0 radical (unpaired) electrons. The maximum absolute atomic E-state index is 5.99. The van der Waals surface area contributed by atoms with E-state index in [1.54, 1.807) is 0 Å². The van der Waals surface area contributed by atoms with Gasteiger partial charge in [0, 0.05) is 28.7 Å². The highest BCUT2D eigenvalue weighted by molar-refractivity contribution is 5.84. The molecule has 3 aromatic rings. The van der Waals surface area contributed by atoms with Crippen LogP contribution in [0.5, 0.6) is 5.75 Å². The summed E-state index contributed by atoms with van der Waals surface area (Å²) in [6, 6.07) is 15.3. The average molecular weight is 293 g/mol. The second-order valence-corrected chi connectivity index (χ2v) is 6.28. The molecule has 22 heavy (non-hydrogen) atoms. The van der Waals surface area contributed by atoms with Gasteiger partial charge in [0.25, 0.3) is 0 Å². The first-order chi connectivity index (χ1) is 10.5. The van der Waals surface area contributed by atoms with Gasteiger partial charge >= 0.3 is 0 Å². The van der Waals surface area contributed by atoms with Crippen LogP contribution in [-0.4, -0.2) is 4.57 Å². The summed E-state index contributed by atoms with van der Waals surface area (Å²) in [6.07, 6.45) is 2.23. The lowest BCUT2D eigenvalue weighted by atomic mass is 10.1. The summed E-state index contributed by atoms with van der Waals surface area (Å²) < 4.78 is 8.32. The molecule has 0 atom stereocenters. The molecule has 1 heterocycles. The molecule has 0 amide bonds. The Morgan fingerprint density at radius 1 is 1.00 bits per heavy atom. The van der Waals surface area contributed by atoms with Gasteiger partial charge in [-0.15, -0.1) is 0 Å². The molecule has 0 N–H and O–H groups in total. The van der Waals surface area contributed by atoms with Gasteiger partial charge in [-0.2, -0.15) is 0 Å². The standard InChI is InChI=1S/C20H23NO/c1-14(2)21-12-17(19-9-8-16(4)11-20(19)21)13-22-18-7-5-6-15(3)10-18/h5-12,14H,13H2,1-4H3. The molecule has 0 aliphatic carbocycles. The van der Waals surface area contributed by atoms with Crippen LogP contribution in [0, 0.1) is 13.8 Å². The quantitative estimate of drug-likeness (QED) is 0.626. The van der Waals surface area contributed by atoms with Crippen molar-refractivity contribution in [1.29, 1.82) is 0 Å². The summed E-state index contributed by atoms with van der Waals surface area (Å²) in [7, 11) is 0. The lowest BCUT2D eigenvalue weighted by molar-refractivity contribution is 0.307. The molecule has 0 fully saturated rings. The monoisotopic (exact) mass is 293 g/mol. The van der Waals surface area contributed by atoms with Crippen molar-refractivity contribution in [3.63, 3.8) is 0 Å². The van der Waals surface area contributed by atoms with E-state index in [1.807, 2.05) is 12.1 Å². The van der Waals surface area contributed by atoms with Crippen LogP contribution in [0.4, 0.5) is 0 Å². The van der Waals surface area contributed by atoms with Gasteiger partial charge < -0.3 is 9.30 Å². The van der Waals surface area contributed by atoms with Crippen molar-refractivity contribution in [2.24, 2.45) is 0 Å². The summed E-state index contributed by atoms with van der Waals surface area (Å²) in [6.45, 7) is 9.25. The topological polar surface area (TPSA) is 14.2 Å². The Bertz CT molecular complexity index is 799. The fourth-order valence-electron chi connectivity index (χ4n) is 2.84. The molecule has 0 saturated carbocycles. The average Bonchev–Trinajstić information content (AvgIpc) is 2.83. The van der Waals surface area contributed by atoms with Crippen LogP contribution in [0.1, 0.15) is 36.6 Å². The first-order valence-corrected chi connectivity index (χ1v) is 7.84. The van der Waals surface area contributed by atoms with Gasteiger partial charge in [0.15, 0.2) is 0 Å². The van der Waals surface area contributed by atoms with Crippen molar-refractivity contribution < 1.29 is 4.74 Å². The van der Waals surface area contributed by atoms with Crippen molar-refractivity contribution in [2.75, 3.05) is 0 Å². The molecule has 1 aromatic heterocycles. The third kappa shape index (κ3) is 2.87. The highest BCUT2D eigenvalue weighted by Gasteiger charge is 2.11. The summed E-state index contributed by atoms with van der Waals surface area (Å²) in [4.78, 5) is 0. The molecule has 2 aromatic carbocycles.